The monoisotopic (exact) mass is 315 g/mol. The molecule has 4 N–H and O–H groups in total. The summed E-state index contributed by atoms with van der Waals surface area (Å²) in [5, 5.41) is 18.8. The number of rotatable bonds is 6. The number of nitrogens with two attached hydrogens (primary N) is 1. The van der Waals surface area contributed by atoms with Gasteiger partial charge in [-0.3, -0.25) is 0 Å². The Balaban J connectivity index is 1.87. The molecule has 0 radical (unpaired) electrons. The van der Waals surface area contributed by atoms with E-state index >= 15 is 0 Å². The Labute approximate surface area is 139 Å². The molecule has 1 aliphatic rings. The first-order valence-corrected chi connectivity index (χ1v) is 8.79. The van der Waals surface area contributed by atoms with Gasteiger partial charge >= 0.3 is 0 Å². The van der Waals surface area contributed by atoms with E-state index in [2.05, 4.69) is 43.0 Å². The number of benzene rings is 1. The molecule has 1 saturated carbocycles. The van der Waals surface area contributed by atoms with E-state index in [4.69, 9.17) is 5.73 Å². The second-order valence-electron chi connectivity index (χ2n) is 6.78. The van der Waals surface area contributed by atoms with Crippen molar-refractivity contribution >= 4 is 0 Å². The van der Waals surface area contributed by atoms with E-state index in [0.717, 1.165) is 18.4 Å². The minimum Gasteiger partial charge on any atom is -0.367 e. The van der Waals surface area contributed by atoms with Gasteiger partial charge in [0, 0.05) is 12.0 Å². The van der Waals surface area contributed by atoms with Crippen molar-refractivity contribution < 1.29 is 10.2 Å². The SMILES string of the molecule is CCCCCCC#Cc1ccc([C@H]2CC[C@](N)(C(O)O)C2)cc1. The summed E-state index contributed by atoms with van der Waals surface area (Å²) >= 11 is 0. The summed E-state index contributed by atoms with van der Waals surface area (Å²) in [7, 11) is 0. The molecule has 3 nitrogen and oxygen atoms in total. The molecule has 23 heavy (non-hydrogen) atoms. The zero-order valence-corrected chi connectivity index (χ0v) is 14.1. The third kappa shape index (κ3) is 5.07. The Hall–Kier alpha value is -1.34. The number of hydrogen-bond acceptors (Lipinski definition) is 3. The highest BCUT2D eigenvalue weighted by molar-refractivity contribution is 5.37. The lowest BCUT2D eigenvalue weighted by Crippen LogP contribution is -2.48. The van der Waals surface area contributed by atoms with Gasteiger partial charge in [-0.25, -0.2) is 0 Å². The largest absolute Gasteiger partial charge is 0.367 e. The van der Waals surface area contributed by atoms with Crippen LogP contribution in [0, 0.1) is 11.8 Å². The standard InChI is InChI=1S/C20H29NO2/c1-2-3-4-5-6-7-8-16-9-11-17(12-10-16)18-13-14-20(21,15-18)19(22)23/h9-12,18-19,22-23H,2-6,13-15,21H2,1H3/t18-,20+/m0/s1. The van der Waals surface area contributed by atoms with Crippen molar-refractivity contribution in [1.29, 1.82) is 0 Å². The molecule has 0 saturated heterocycles. The van der Waals surface area contributed by atoms with Crippen LogP contribution < -0.4 is 5.73 Å². The van der Waals surface area contributed by atoms with Crippen molar-refractivity contribution in [3.8, 4) is 11.8 Å². The van der Waals surface area contributed by atoms with E-state index in [-0.39, 0.29) is 0 Å². The van der Waals surface area contributed by atoms with Crippen LogP contribution in [0.2, 0.25) is 0 Å². The molecule has 0 amide bonds. The number of aliphatic hydroxyl groups is 2. The highest BCUT2D eigenvalue weighted by atomic mass is 16.5. The van der Waals surface area contributed by atoms with Crippen LogP contribution >= 0.6 is 0 Å². The summed E-state index contributed by atoms with van der Waals surface area (Å²) in [6.07, 6.45) is 6.70. The molecule has 1 aliphatic carbocycles. The van der Waals surface area contributed by atoms with Gasteiger partial charge in [-0.2, -0.15) is 0 Å². The Morgan fingerprint density at radius 2 is 1.96 bits per heavy atom. The van der Waals surface area contributed by atoms with Crippen molar-refractivity contribution in [2.24, 2.45) is 5.73 Å². The Bertz CT molecular complexity index is 541. The van der Waals surface area contributed by atoms with Crippen molar-refractivity contribution in [3.63, 3.8) is 0 Å². The second kappa shape index (κ2) is 8.49. The van der Waals surface area contributed by atoms with Gasteiger partial charge in [-0.05, 0) is 49.3 Å². The van der Waals surface area contributed by atoms with Crippen molar-refractivity contribution in [2.75, 3.05) is 0 Å². The lowest BCUT2D eigenvalue weighted by atomic mass is 9.92. The normalized spacial score (nSPS) is 23.8. The fourth-order valence-electron chi connectivity index (χ4n) is 3.27. The number of aliphatic hydroxyl groups excluding tert-OH is 1. The van der Waals surface area contributed by atoms with E-state index in [1.54, 1.807) is 0 Å². The molecule has 0 bridgehead atoms. The van der Waals surface area contributed by atoms with Gasteiger partial charge in [0.25, 0.3) is 0 Å². The lowest BCUT2D eigenvalue weighted by Gasteiger charge is -2.26. The van der Waals surface area contributed by atoms with Gasteiger partial charge < -0.3 is 15.9 Å². The Morgan fingerprint density at radius 1 is 1.22 bits per heavy atom. The summed E-state index contributed by atoms with van der Waals surface area (Å²) in [5.74, 6) is 6.76. The second-order valence-corrected chi connectivity index (χ2v) is 6.78. The summed E-state index contributed by atoms with van der Waals surface area (Å²) in [5.41, 5.74) is 7.45. The van der Waals surface area contributed by atoms with Gasteiger partial charge in [0.15, 0.2) is 6.29 Å². The first-order chi connectivity index (χ1) is 11.0. The molecular formula is C20H29NO2. The molecule has 0 aliphatic heterocycles. The van der Waals surface area contributed by atoms with Crippen molar-refractivity contribution in [2.45, 2.75) is 76.0 Å². The highest BCUT2D eigenvalue weighted by Crippen LogP contribution is 2.40. The molecule has 3 heteroatoms. The maximum absolute atomic E-state index is 9.41. The van der Waals surface area contributed by atoms with Crippen LogP contribution in [0.5, 0.6) is 0 Å². The predicted molar refractivity (Wildman–Crippen MR) is 93.8 cm³/mol. The molecule has 1 aromatic rings. The van der Waals surface area contributed by atoms with Gasteiger partial charge in [-0.15, -0.1) is 0 Å². The number of unbranched alkanes of at least 4 members (excludes halogenated alkanes) is 4. The van der Waals surface area contributed by atoms with Crippen LogP contribution in [0.1, 0.15) is 75.3 Å². The molecule has 2 atom stereocenters. The smallest absolute Gasteiger partial charge is 0.169 e. The van der Waals surface area contributed by atoms with Crippen LogP contribution in [0.3, 0.4) is 0 Å². The summed E-state index contributed by atoms with van der Waals surface area (Å²) < 4.78 is 0. The summed E-state index contributed by atoms with van der Waals surface area (Å²) in [6, 6.07) is 8.31. The first-order valence-electron chi connectivity index (χ1n) is 8.79. The van der Waals surface area contributed by atoms with Crippen molar-refractivity contribution in [1.82, 2.24) is 0 Å². The van der Waals surface area contributed by atoms with Crippen LogP contribution in [0.25, 0.3) is 0 Å². The first kappa shape index (κ1) is 18.0. The van der Waals surface area contributed by atoms with Crippen LogP contribution in [0.4, 0.5) is 0 Å². The predicted octanol–water partition coefficient (Wildman–Crippen LogP) is 3.28. The third-order valence-electron chi connectivity index (χ3n) is 4.87. The quantitative estimate of drug-likeness (QED) is 0.429. The molecule has 0 aromatic heterocycles. The number of hydrogen-bond donors (Lipinski definition) is 3. The fourth-order valence-corrected chi connectivity index (χ4v) is 3.27. The Morgan fingerprint density at radius 3 is 2.57 bits per heavy atom. The van der Waals surface area contributed by atoms with Crippen molar-refractivity contribution in [3.05, 3.63) is 35.4 Å². The van der Waals surface area contributed by atoms with E-state index in [1.165, 1.54) is 31.2 Å². The van der Waals surface area contributed by atoms with E-state index in [9.17, 15) is 10.2 Å². The molecule has 0 spiro atoms. The Kier molecular flexibility index (Phi) is 6.65. The van der Waals surface area contributed by atoms with Crippen LogP contribution in [0.15, 0.2) is 24.3 Å². The van der Waals surface area contributed by atoms with Gasteiger partial charge in [0.1, 0.15) is 0 Å². The maximum Gasteiger partial charge on any atom is 0.169 e. The molecule has 0 heterocycles. The summed E-state index contributed by atoms with van der Waals surface area (Å²) in [6.45, 7) is 2.22. The molecule has 1 aromatic carbocycles. The fraction of sp³-hybridized carbons (Fsp3) is 0.600. The average molecular weight is 315 g/mol. The molecule has 1 fully saturated rings. The zero-order valence-electron chi connectivity index (χ0n) is 14.1. The van der Waals surface area contributed by atoms with Gasteiger partial charge in [0.05, 0.1) is 5.54 Å². The third-order valence-corrected chi connectivity index (χ3v) is 4.87. The van der Waals surface area contributed by atoms with E-state index in [0.29, 0.717) is 18.8 Å². The average Bonchev–Trinajstić information content (AvgIpc) is 2.95. The highest BCUT2D eigenvalue weighted by Gasteiger charge is 2.41. The summed E-state index contributed by atoms with van der Waals surface area (Å²) in [4.78, 5) is 0. The lowest BCUT2D eigenvalue weighted by molar-refractivity contribution is -0.0945. The maximum atomic E-state index is 9.41. The molecule has 2 rings (SSSR count). The van der Waals surface area contributed by atoms with Crippen LogP contribution in [-0.2, 0) is 0 Å². The molecule has 126 valence electrons. The minimum absolute atomic E-state index is 0.304. The minimum atomic E-state index is -1.44. The van der Waals surface area contributed by atoms with E-state index in [1.807, 2.05) is 0 Å². The molecular weight excluding hydrogens is 286 g/mol. The topological polar surface area (TPSA) is 66.5 Å². The van der Waals surface area contributed by atoms with Gasteiger partial charge in [-0.1, -0.05) is 50.2 Å². The van der Waals surface area contributed by atoms with Gasteiger partial charge in [0.2, 0.25) is 0 Å². The molecule has 0 unspecified atom stereocenters. The van der Waals surface area contributed by atoms with Crippen LogP contribution in [-0.4, -0.2) is 22.0 Å². The zero-order chi connectivity index (χ0) is 16.7. The van der Waals surface area contributed by atoms with E-state index < -0.39 is 11.8 Å².